The Labute approximate surface area is 74.5 Å². The van der Waals surface area contributed by atoms with Crippen LogP contribution in [-0.4, -0.2) is 11.2 Å². The van der Waals surface area contributed by atoms with Crippen LogP contribution in [0.15, 0.2) is 11.6 Å². The van der Waals surface area contributed by atoms with E-state index in [1.54, 1.807) is 5.57 Å². The third kappa shape index (κ3) is 1.71. The summed E-state index contributed by atoms with van der Waals surface area (Å²) in [5.74, 6) is 0.830. The van der Waals surface area contributed by atoms with Crippen LogP contribution < -0.4 is 0 Å². The lowest BCUT2D eigenvalue weighted by Crippen LogP contribution is -2.18. The van der Waals surface area contributed by atoms with Gasteiger partial charge in [-0.05, 0) is 50.9 Å². The Morgan fingerprint density at radius 1 is 1.17 bits per heavy atom. The highest BCUT2D eigenvalue weighted by atomic mass is 16.3. The molecule has 0 unspecified atom stereocenters. The van der Waals surface area contributed by atoms with E-state index >= 15 is 0 Å². The fourth-order valence-electron chi connectivity index (χ4n) is 2.51. The standard InChI is InChI=1S/C11H18O/c12-11-7-5-10(6-8-11)9-3-1-2-4-9/h3,10-12H,1-2,4-8H2/t10-,11+. The maximum absolute atomic E-state index is 9.35. The van der Waals surface area contributed by atoms with Gasteiger partial charge in [0, 0.05) is 0 Å². The van der Waals surface area contributed by atoms with Crippen LogP contribution in [0.25, 0.3) is 0 Å². The third-order valence-electron chi connectivity index (χ3n) is 3.30. The fourth-order valence-corrected chi connectivity index (χ4v) is 2.51. The van der Waals surface area contributed by atoms with Crippen LogP contribution in [0, 0.1) is 5.92 Å². The molecule has 1 N–H and O–H groups in total. The van der Waals surface area contributed by atoms with Gasteiger partial charge in [0.05, 0.1) is 6.10 Å². The summed E-state index contributed by atoms with van der Waals surface area (Å²) in [6.07, 6.45) is 11.0. The summed E-state index contributed by atoms with van der Waals surface area (Å²) in [6, 6.07) is 0. The smallest absolute Gasteiger partial charge is 0.0540 e. The molecule has 2 rings (SSSR count). The van der Waals surface area contributed by atoms with Gasteiger partial charge in [-0.15, -0.1) is 0 Å². The minimum absolute atomic E-state index is 0.00301. The summed E-state index contributed by atoms with van der Waals surface area (Å²) in [4.78, 5) is 0. The zero-order valence-corrected chi connectivity index (χ0v) is 7.63. The van der Waals surface area contributed by atoms with E-state index in [1.807, 2.05) is 0 Å². The van der Waals surface area contributed by atoms with Gasteiger partial charge in [-0.2, -0.15) is 0 Å². The van der Waals surface area contributed by atoms with E-state index in [2.05, 4.69) is 6.08 Å². The van der Waals surface area contributed by atoms with Crippen molar-refractivity contribution in [2.24, 2.45) is 5.92 Å². The van der Waals surface area contributed by atoms with E-state index in [1.165, 1.54) is 32.1 Å². The predicted octanol–water partition coefficient (Wildman–Crippen LogP) is 2.65. The van der Waals surface area contributed by atoms with Gasteiger partial charge in [0.25, 0.3) is 0 Å². The predicted molar refractivity (Wildman–Crippen MR) is 49.9 cm³/mol. The molecule has 0 spiro atoms. The molecule has 0 aromatic rings. The molecule has 0 amide bonds. The number of allylic oxidation sites excluding steroid dienone is 2. The van der Waals surface area contributed by atoms with Crippen LogP contribution in [-0.2, 0) is 0 Å². The lowest BCUT2D eigenvalue weighted by atomic mass is 9.82. The van der Waals surface area contributed by atoms with E-state index in [4.69, 9.17) is 0 Å². The molecule has 0 aliphatic heterocycles. The zero-order chi connectivity index (χ0) is 8.39. The van der Waals surface area contributed by atoms with Crippen LogP contribution >= 0.6 is 0 Å². The Kier molecular flexibility index (Phi) is 2.50. The lowest BCUT2D eigenvalue weighted by molar-refractivity contribution is 0.115. The third-order valence-corrected chi connectivity index (χ3v) is 3.30. The highest BCUT2D eigenvalue weighted by molar-refractivity contribution is 5.12. The van der Waals surface area contributed by atoms with Gasteiger partial charge in [-0.3, -0.25) is 0 Å². The first-order chi connectivity index (χ1) is 5.86. The van der Waals surface area contributed by atoms with Gasteiger partial charge >= 0.3 is 0 Å². The summed E-state index contributed by atoms with van der Waals surface area (Å²) in [5.41, 5.74) is 1.70. The molecule has 1 nitrogen and oxygen atoms in total. The highest BCUT2D eigenvalue weighted by Crippen LogP contribution is 2.35. The van der Waals surface area contributed by atoms with Gasteiger partial charge in [0.2, 0.25) is 0 Å². The van der Waals surface area contributed by atoms with Gasteiger partial charge in [-0.25, -0.2) is 0 Å². The summed E-state index contributed by atoms with van der Waals surface area (Å²) < 4.78 is 0. The summed E-state index contributed by atoms with van der Waals surface area (Å²) in [5, 5.41) is 9.35. The minimum Gasteiger partial charge on any atom is -0.393 e. The Hall–Kier alpha value is -0.300. The van der Waals surface area contributed by atoms with Crippen molar-refractivity contribution in [1.29, 1.82) is 0 Å². The van der Waals surface area contributed by atoms with E-state index in [-0.39, 0.29) is 6.10 Å². The van der Waals surface area contributed by atoms with E-state index in [0.29, 0.717) is 0 Å². The van der Waals surface area contributed by atoms with Crippen molar-refractivity contribution in [1.82, 2.24) is 0 Å². The van der Waals surface area contributed by atoms with Crippen molar-refractivity contribution in [2.45, 2.75) is 51.0 Å². The first-order valence-corrected chi connectivity index (χ1v) is 5.23. The summed E-state index contributed by atoms with van der Waals surface area (Å²) in [6.45, 7) is 0. The maximum atomic E-state index is 9.35. The normalized spacial score (nSPS) is 36.6. The van der Waals surface area contributed by atoms with E-state index in [9.17, 15) is 5.11 Å². The Bertz CT molecular complexity index is 175. The molecule has 2 aliphatic carbocycles. The van der Waals surface area contributed by atoms with Gasteiger partial charge in [-0.1, -0.05) is 11.6 Å². The minimum atomic E-state index is 0.00301. The molecule has 0 saturated heterocycles. The van der Waals surface area contributed by atoms with Gasteiger partial charge in [0.1, 0.15) is 0 Å². The Morgan fingerprint density at radius 2 is 1.92 bits per heavy atom. The second-order valence-corrected chi connectivity index (χ2v) is 4.18. The van der Waals surface area contributed by atoms with Crippen LogP contribution in [0.4, 0.5) is 0 Å². The average molecular weight is 166 g/mol. The van der Waals surface area contributed by atoms with E-state index in [0.717, 1.165) is 18.8 Å². The number of hydrogen-bond donors (Lipinski definition) is 1. The van der Waals surface area contributed by atoms with Crippen LogP contribution in [0.1, 0.15) is 44.9 Å². The average Bonchev–Trinajstić information content (AvgIpc) is 2.58. The number of hydrogen-bond acceptors (Lipinski definition) is 1. The molecule has 0 heterocycles. The molecule has 0 radical (unpaired) electrons. The van der Waals surface area contributed by atoms with Crippen molar-refractivity contribution in [3.05, 3.63) is 11.6 Å². The van der Waals surface area contributed by atoms with Gasteiger partial charge < -0.3 is 5.11 Å². The molecule has 0 aromatic heterocycles. The van der Waals surface area contributed by atoms with Crippen LogP contribution in [0.5, 0.6) is 0 Å². The first kappa shape index (κ1) is 8.31. The number of aliphatic hydroxyl groups is 1. The largest absolute Gasteiger partial charge is 0.393 e. The van der Waals surface area contributed by atoms with Crippen LogP contribution in [0.2, 0.25) is 0 Å². The van der Waals surface area contributed by atoms with Gasteiger partial charge in [0.15, 0.2) is 0 Å². The summed E-state index contributed by atoms with van der Waals surface area (Å²) >= 11 is 0. The maximum Gasteiger partial charge on any atom is 0.0540 e. The van der Waals surface area contributed by atoms with Crippen molar-refractivity contribution in [3.63, 3.8) is 0 Å². The topological polar surface area (TPSA) is 20.2 Å². The SMILES string of the molecule is O[C@H]1CC[C@@H](C2=CCCC2)CC1. The molecule has 2 aliphatic rings. The van der Waals surface area contributed by atoms with E-state index < -0.39 is 0 Å². The molecule has 0 atom stereocenters. The number of aliphatic hydroxyl groups excluding tert-OH is 1. The van der Waals surface area contributed by atoms with Crippen LogP contribution in [0.3, 0.4) is 0 Å². The van der Waals surface area contributed by atoms with Crippen molar-refractivity contribution in [3.8, 4) is 0 Å². The highest BCUT2D eigenvalue weighted by Gasteiger charge is 2.23. The molecule has 0 bridgehead atoms. The molecular formula is C11H18O. The van der Waals surface area contributed by atoms with Crippen molar-refractivity contribution < 1.29 is 5.11 Å². The van der Waals surface area contributed by atoms with Crippen molar-refractivity contribution in [2.75, 3.05) is 0 Å². The second kappa shape index (κ2) is 3.61. The molecule has 12 heavy (non-hydrogen) atoms. The van der Waals surface area contributed by atoms with Crippen molar-refractivity contribution >= 4 is 0 Å². The lowest BCUT2D eigenvalue weighted by Gasteiger charge is -2.26. The first-order valence-electron chi connectivity index (χ1n) is 5.23. The zero-order valence-electron chi connectivity index (χ0n) is 7.63. The molecule has 1 saturated carbocycles. The fraction of sp³-hybridized carbons (Fsp3) is 0.818. The quantitative estimate of drug-likeness (QED) is 0.594. The Balaban J connectivity index is 1.88. The monoisotopic (exact) mass is 166 g/mol. The molecule has 68 valence electrons. The number of rotatable bonds is 1. The molecular weight excluding hydrogens is 148 g/mol. The molecule has 1 heteroatoms. The second-order valence-electron chi connectivity index (χ2n) is 4.18. The molecule has 0 aromatic carbocycles. The summed E-state index contributed by atoms with van der Waals surface area (Å²) in [7, 11) is 0. The molecule has 1 fully saturated rings. The Morgan fingerprint density at radius 3 is 2.50 bits per heavy atom.